The molecule has 1 atom stereocenters. The molecule has 0 aliphatic carbocycles. The number of amides is 1. The first kappa shape index (κ1) is 14.7. The minimum atomic E-state index is -0.361. The number of carbonyl (C=O) groups is 1. The van der Waals surface area contributed by atoms with Crippen molar-refractivity contribution in [2.75, 3.05) is 11.9 Å². The summed E-state index contributed by atoms with van der Waals surface area (Å²) in [5.41, 5.74) is 1.67. The van der Waals surface area contributed by atoms with Crippen LogP contribution >= 0.6 is 15.9 Å². The Bertz CT molecular complexity index is 575. The van der Waals surface area contributed by atoms with Gasteiger partial charge in [-0.2, -0.15) is 0 Å². The van der Waals surface area contributed by atoms with Crippen LogP contribution in [0.3, 0.4) is 0 Å². The second-order valence-electron chi connectivity index (χ2n) is 4.92. The predicted molar refractivity (Wildman–Crippen MR) is 79.8 cm³/mol. The highest BCUT2D eigenvalue weighted by Crippen LogP contribution is 2.16. The molecule has 1 unspecified atom stereocenters. The van der Waals surface area contributed by atoms with Gasteiger partial charge in [-0.05, 0) is 29.4 Å². The predicted octanol–water partition coefficient (Wildman–Crippen LogP) is 1.57. The van der Waals surface area contributed by atoms with Crippen LogP contribution in [-0.2, 0) is 4.79 Å². The molecule has 1 N–H and O–H groups in total. The molecule has 0 spiro atoms. The van der Waals surface area contributed by atoms with Crippen molar-refractivity contribution >= 4 is 39.1 Å². The van der Waals surface area contributed by atoms with Crippen LogP contribution in [-0.4, -0.2) is 28.7 Å². The average molecular weight is 338 g/mol. The van der Waals surface area contributed by atoms with Gasteiger partial charge in [0, 0.05) is 36.3 Å². The standard InChI is InChI=1S/C14H16BrN3O2/c1-9(2)18-8-10(14(20)17-18)7-13(19)16-12-5-3-11(15)4-6-12/h3-6,10H,7-8H2,1-2H3,(H-,16,17,19,20). The van der Waals surface area contributed by atoms with E-state index >= 15 is 0 Å². The molecule has 1 heterocycles. The van der Waals surface area contributed by atoms with Crippen molar-refractivity contribution in [3.05, 3.63) is 28.7 Å². The topological polar surface area (TPSA) is 67.5 Å². The number of carbonyl (C=O) groups excluding carboxylic acids is 1. The van der Waals surface area contributed by atoms with E-state index in [9.17, 15) is 9.90 Å². The maximum absolute atomic E-state index is 11.9. The molecule has 1 aromatic carbocycles. The Balaban J connectivity index is 1.95. The number of nitrogens with one attached hydrogen (secondary N) is 1. The summed E-state index contributed by atoms with van der Waals surface area (Å²) in [6, 6.07) is 7.31. The summed E-state index contributed by atoms with van der Waals surface area (Å²) in [4.78, 5) is 11.9. The van der Waals surface area contributed by atoms with Gasteiger partial charge in [-0.15, -0.1) is 0 Å². The molecular weight excluding hydrogens is 322 g/mol. The highest BCUT2D eigenvalue weighted by Gasteiger charge is 2.28. The molecule has 0 bridgehead atoms. The lowest BCUT2D eigenvalue weighted by Gasteiger charge is -2.11. The van der Waals surface area contributed by atoms with Crippen LogP contribution in [0.25, 0.3) is 0 Å². The van der Waals surface area contributed by atoms with Crippen molar-refractivity contribution in [1.82, 2.24) is 0 Å². The van der Waals surface area contributed by atoms with E-state index < -0.39 is 0 Å². The quantitative estimate of drug-likeness (QED) is 0.850. The largest absolute Gasteiger partial charge is 0.857 e. The molecule has 1 aromatic rings. The first-order valence-electron chi connectivity index (χ1n) is 6.34. The maximum Gasteiger partial charge on any atom is 0.225 e. The summed E-state index contributed by atoms with van der Waals surface area (Å²) in [5.74, 6) is -0.756. The Hall–Kier alpha value is -1.69. The lowest BCUT2D eigenvalue weighted by Crippen LogP contribution is -2.30. The second kappa shape index (κ2) is 6.17. The van der Waals surface area contributed by atoms with Gasteiger partial charge in [-0.25, -0.2) is 0 Å². The van der Waals surface area contributed by atoms with E-state index in [4.69, 9.17) is 0 Å². The molecule has 1 amide bonds. The number of hydrazone groups is 1. The molecule has 0 radical (unpaired) electrons. The number of hydrogen-bond donors (Lipinski definition) is 1. The Kier molecular flexibility index (Phi) is 4.54. The minimum absolute atomic E-state index is 0.155. The zero-order valence-electron chi connectivity index (χ0n) is 11.4. The first-order chi connectivity index (χ1) is 9.45. The van der Waals surface area contributed by atoms with Crippen LogP contribution in [0.5, 0.6) is 0 Å². The van der Waals surface area contributed by atoms with Crippen molar-refractivity contribution < 1.29 is 14.6 Å². The van der Waals surface area contributed by atoms with Crippen molar-refractivity contribution in [1.29, 1.82) is 0 Å². The normalized spacial score (nSPS) is 17.9. The summed E-state index contributed by atoms with van der Waals surface area (Å²) < 4.78 is 2.60. The highest BCUT2D eigenvalue weighted by molar-refractivity contribution is 9.10. The number of hydrogen-bond acceptors (Lipinski definition) is 3. The van der Waals surface area contributed by atoms with Crippen molar-refractivity contribution in [3.63, 3.8) is 0 Å². The number of rotatable bonds is 3. The SMILES string of the molecule is CC(C)=[N+]1CC(CC(=O)Nc2ccc(Br)cc2)C([O-])=N1. The Morgan fingerprint density at radius 2 is 2.10 bits per heavy atom. The molecule has 106 valence electrons. The van der Waals surface area contributed by atoms with Crippen LogP contribution in [0.15, 0.2) is 33.8 Å². The molecule has 20 heavy (non-hydrogen) atoms. The number of nitrogens with zero attached hydrogens (tertiary/aromatic N) is 2. The van der Waals surface area contributed by atoms with Gasteiger partial charge in [0.25, 0.3) is 0 Å². The molecule has 1 aliphatic heterocycles. The van der Waals surface area contributed by atoms with E-state index in [1.807, 2.05) is 26.0 Å². The summed E-state index contributed by atoms with van der Waals surface area (Å²) in [6.45, 7) is 4.26. The molecule has 0 fully saturated rings. The van der Waals surface area contributed by atoms with E-state index in [-0.39, 0.29) is 24.1 Å². The Morgan fingerprint density at radius 3 is 2.65 bits per heavy atom. The maximum atomic E-state index is 11.9. The lowest BCUT2D eigenvalue weighted by molar-refractivity contribution is -0.529. The van der Waals surface area contributed by atoms with Gasteiger partial charge in [-0.3, -0.25) is 4.79 Å². The summed E-state index contributed by atoms with van der Waals surface area (Å²) in [5, 5.41) is 18.4. The summed E-state index contributed by atoms with van der Waals surface area (Å²) >= 11 is 3.33. The molecule has 1 aliphatic rings. The van der Waals surface area contributed by atoms with E-state index in [2.05, 4.69) is 26.3 Å². The third kappa shape index (κ3) is 3.66. The zero-order chi connectivity index (χ0) is 14.7. The van der Waals surface area contributed by atoms with Crippen LogP contribution in [0, 0.1) is 5.92 Å². The van der Waals surface area contributed by atoms with E-state index in [0.29, 0.717) is 6.54 Å². The molecule has 0 saturated heterocycles. The fourth-order valence-electron chi connectivity index (χ4n) is 1.93. The number of anilines is 1. The van der Waals surface area contributed by atoms with Gasteiger partial charge in [0.2, 0.25) is 5.91 Å². The van der Waals surface area contributed by atoms with Crippen LogP contribution in [0.2, 0.25) is 0 Å². The molecular formula is C14H16BrN3O2. The molecule has 0 saturated carbocycles. The highest BCUT2D eigenvalue weighted by atomic mass is 79.9. The molecule has 5 nitrogen and oxygen atoms in total. The fourth-order valence-corrected chi connectivity index (χ4v) is 2.20. The van der Waals surface area contributed by atoms with Crippen LogP contribution < -0.4 is 10.4 Å². The van der Waals surface area contributed by atoms with E-state index in [1.54, 1.807) is 16.8 Å². The molecule has 6 heteroatoms. The van der Waals surface area contributed by atoms with Crippen molar-refractivity contribution in [3.8, 4) is 0 Å². The molecule has 2 rings (SSSR count). The summed E-state index contributed by atoms with van der Waals surface area (Å²) in [6.07, 6.45) is 0.155. The van der Waals surface area contributed by atoms with Gasteiger partial charge < -0.3 is 10.4 Å². The molecule has 0 aromatic heterocycles. The average Bonchev–Trinajstić information content (AvgIpc) is 2.74. The first-order valence-corrected chi connectivity index (χ1v) is 7.13. The fraction of sp³-hybridized carbons (Fsp3) is 0.357. The van der Waals surface area contributed by atoms with Crippen molar-refractivity contribution in [2.24, 2.45) is 11.0 Å². The third-order valence-electron chi connectivity index (χ3n) is 3.04. The monoisotopic (exact) mass is 337 g/mol. The smallest absolute Gasteiger partial charge is 0.225 e. The van der Waals surface area contributed by atoms with Gasteiger partial charge in [0.1, 0.15) is 0 Å². The van der Waals surface area contributed by atoms with Gasteiger partial charge in [0.15, 0.2) is 12.3 Å². The zero-order valence-corrected chi connectivity index (χ0v) is 13.0. The third-order valence-corrected chi connectivity index (χ3v) is 3.57. The van der Waals surface area contributed by atoms with E-state index in [0.717, 1.165) is 15.9 Å². The lowest BCUT2D eigenvalue weighted by atomic mass is 10.1. The summed E-state index contributed by atoms with van der Waals surface area (Å²) in [7, 11) is 0. The number of benzene rings is 1. The van der Waals surface area contributed by atoms with Gasteiger partial charge in [-0.1, -0.05) is 20.6 Å². The van der Waals surface area contributed by atoms with Crippen LogP contribution in [0.1, 0.15) is 20.3 Å². The Labute approximate surface area is 126 Å². The van der Waals surface area contributed by atoms with Gasteiger partial charge >= 0.3 is 0 Å². The van der Waals surface area contributed by atoms with Gasteiger partial charge in [0.05, 0.1) is 5.92 Å². The van der Waals surface area contributed by atoms with Crippen molar-refractivity contribution in [2.45, 2.75) is 20.3 Å². The number of halogens is 1. The second-order valence-corrected chi connectivity index (χ2v) is 5.84. The Morgan fingerprint density at radius 1 is 1.45 bits per heavy atom. The van der Waals surface area contributed by atoms with E-state index in [1.165, 1.54) is 0 Å². The minimum Gasteiger partial charge on any atom is -0.857 e. The van der Waals surface area contributed by atoms with Crippen LogP contribution in [0.4, 0.5) is 5.69 Å².